The normalized spacial score (nSPS) is 37.2. The number of rotatable bonds is 3. The van der Waals surface area contributed by atoms with E-state index in [9.17, 15) is 4.79 Å². The van der Waals surface area contributed by atoms with E-state index >= 15 is 0 Å². The van der Waals surface area contributed by atoms with E-state index in [4.69, 9.17) is 0 Å². The third-order valence-electron chi connectivity index (χ3n) is 3.03. The summed E-state index contributed by atoms with van der Waals surface area (Å²) in [6.45, 7) is 4.18. The highest BCUT2D eigenvalue weighted by Gasteiger charge is 2.47. The second-order valence-electron chi connectivity index (χ2n) is 3.96. The first kappa shape index (κ1) is 7.84. The van der Waals surface area contributed by atoms with E-state index in [1.54, 1.807) is 6.08 Å². The Balaban J connectivity index is 1.77. The number of nitrogens with one attached hydrogen (secondary N) is 1. The molecule has 2 atom stereocenters. The molecule has 0 radical (unpaired) electrons. The fraction of sp³-hybridized carbons (Fsp3) is 0.700. The fourth-order valence-electron chi connectivity index (χ4n) is 2.25. The maximum atomic E-state index is 11.4. The van der Waals surface area contributed by atoms with Crippen molar-refractivity contribution < 1.29 is 4.79 Å². The standard InChI is InChI=1S/C10H15NO/c1-2-3-11-10(12)9-5-7-4-8(7)6-9/h2,7-9H,1,3-6H2,(H,11,12). The van der Waals surface area contributed by atoms with E-state index in [0.717, 1.165) is 24.7 Å². The van der Waals surface area contributed by atoms with Gasteiger partial charge in [0, 0.05) is 12.5 Å². The Kier molecular flexibility index (Phi) is 1.91. The molecule has 0 bridgehead atoms. The molecule has 2 heteroatoms. The smallest absolute Gasteiger partial charge is 0.223 e. The number of hydrogen-bond acceptors (Lipinski definition) is 1. The van der Waals surface area contributed by atoms with Gasteiger partial charge in [-0.15, -0.1) is 6.58 Å². The minimum Gasteiger partial charge on any atom is -0.352 e. The van der Waals surface area contributed by atoms with Gasteiger partial charge in [-0.1, -0.05) is 6.08 Å². The van der Waals surface area contributed by atoms with Crippen LogP contribution < -0.4 is 5.32 Å². The molecule has 0 spiro atoms. The predicted molar refractivity (Wildman–Crippen MR) is 47.5 cm³/mol. The van der Waals surface area contributed by atoms with Crippen molar-refractivity contribution >= 4 is 5.91 Å². The van der Waals surface area contributed by atoms with Crippen molar-refractivity contribution in [1.29, 1.82) is 0 Å². The molecule has 2 saturated carbocycles. The monoisotopic (exact) mass is 165 g/mol. The molecule has 0 aromatic carbocycles. The summed E-state index contributed by atoms with van der Waals surface area (Å²) in [7, 11) is 0. The predicted octanol–water partition coefficient (Wildman–Crippen LogP) is 1.33. The maximum absolute atomic E-state index is 11.4. The quantitative estimate of drug-likeness (QED) is 0.628. The highest BCUT2D eigenvalue weighted by molar-refractivity contribution is 5.79. The van der Waals surface area contributed by atoms with Crippen molar-refractivity contribution in [2.45, 2.75) is 19.3 Å². The third kappa shape index (κ3) is 1.38. The van der Waals surface area contributed by atoms with E-state index in [1.165, 1.54) is 6.42 Å². The Morgan fingerprint density at radius 1 is 1.42 bits per heavy atom. The van der Waals surface area contributed by atoms with Crippen molar-refractivity contribution in [1.82, 2.24) is 5.32 Å². The molecule has 2 aliphatic rings. The van der Waals surface area contributed by atoms with Gasteiger partial charge in [-0.25, -0.2) is 0 Å². The van der Waals surface area contributed by atoms with Crippen LogP contribution in [0.3, 0.4) is 0 Å². The molecule has 2 unspecified atom stereocenters. The summed E-state index contributed by atoms with van der Waals surface area (Å²) < 4.78 is 0. The molecule has 0 aliphatic heterocycles. The van der Waals surface area contributed by atoms with Crippen LogP contribution in [0, 0.1) is 17.8 Å². The van der Waals surface area contributed by atoms with Crippen LogP contribution in [0.5, 0.6) is 0 Å². The lowest BCUT2D eigenvalue weighted by molar-refractivity contribution is -0.124. The number of fused-ring (bicyclic) bond motifs is 1. The van der Waals surface area contributed by atoms with E-state index < -0.39 is 0 Å². The molecule has 2 nitrogen and oxygen atoms in total. The first-order chi connectivity index (χ1) is 5.81. The van der Waals surface area contributed by atoms with Crippen LogP contribution in [0.25, 0.3) is 0 Å². The lowest BCUT2D eigenvalue weighted by Crippen LogP contribution is -2.29. The van der Waals surface area contributed by atoms with Crippen LogP contribution in [0.2, 0.25) is 0 Å². The average molecular weight is 165 g/mol. The number of carbonyl (C=O) groups is 1. The maximum Gasteiger partial charge on any atom is 0.223 e. The molecular formula is C10H15NO. The Morgan fingerprint density at radius 3 is 2.67 bits per heavy atom. The molecule has 2 fully saturated rings. The second-order valence-corrected chi connectivity index (χ2v) is 3.96. The molecule has 2 rings (SSSR count). The number of amides is 1. The zero-order valence-electron chi connectivity index (χ0n) is 7.25. The molecule has 12 heavy (non-hydrogen) atoms. The molecule has 1 amide bonds. The lowest BCUT2D eigenvalue weighted by atomic mass is 10.0. The van der Waals surface area contributed by atoms with Crippen molar-refractivity contribution in [3.63, 3.8) is 0 Å². The van der Waals surface area contributed by atoms with Gasteiger partial charge < -0.3 is 5.32 Å². The lowest BCUT2D eigenvalue weighted by Gasteiger charge is -2.10. The third-order valence-corrected chi connectivity index (χ3v) is 3.03. The Bertz CT molecular complexity index is 202. The first-order valence-electron chi connectivity index (χ1n) is 4.70. The first-order valence-corrected chi connectivity index (χ1v) is 4.70. The van der Waals surface area contributed by atoms with E-state index in [2.05, 4.69) is 11.9 Å². The van der Waals surface area contributed by atoms with Crippen LogP contribution in [0.4, 0.5) is 0 Å². The van der Waals surface area contributed by atoms with Gasteiger partial charge >= 0.3 is 0 Å². The number of hydrogen-bond donors (Lipinski definition) is 1. The summed E-state index contributed by atoms with van der Waals surface area (Å²) in [5.74, 6) is 2.34. The SMILES string of the molecule is C=CCNC(=O)C1CC2CC2C1. The largest absolute Gasteiger partial charge is 0.352 e. The summed E-state index contributed by atoms with van der Waals surface area (Å²) in [5.41, 5.74) is 0. The van der Waals surface area contributed by atoms with Gasteiger partial charge in [0.2, 0.25) is 5.91 Å². The molecule has 0 saturated heterocycles. The molecule has 0 aromatic heterocycles. The van der Waals surface area contributed by atoms with Gasteiger partial charge in [-0.05, 0) is 31.1 Å². The Hall–Kier alpha value is -0.790. The van der Waals surface area contributed by atoms with Gasteiger partial charge in [-0.3, -0.25) is 4.79 Å². The van der Waals surface area contributed by atoms with Gasteiger partial charge in [-0.2, -0.15) is 0 Å². The Labute approximate surface area is 73.0 Å². The van der Waals surface area contributed by atoms with Crippen molar-refractivity contribution in [3.8, 4) is 0 Å². The fourth-order valence-corrected chi connectivity index (χ4v) is 2.25. The molecule has 0 aromatic rings. The average Bonchev–Trinajstić information content (AvgIpc) is 2.69. The van der Waals surface area contributed by atoms with Gasteiger partial charge in [0.1, 0.15) is 0 Å². The van der Waals surface area contributed by atoms with Gasteiger partial charge in [0.05, 0.1) is 0 Å². The topological polar surface area (TPSA) is 29.1 Å². The highest BCUT2D eigenvalue weighted by atomic mass is 16.1. The van der Waals surface area contributed by atoms with Crippen LogP contribution in [0.15, 0.2) is 12.7 Å². The van der Waals surface area contributed by atoms with Crippen LogP contribution in [-0.4, -0.2) is 12.5 Å². The summed E-state index contributed by atoms with van der Waals surface area (Å²) in [4.78, 5) is 11.4. The molecule has 66 valence electrons. The highest BCUT2D eigenvalue weighted by Crippen LogP contribution is 2.54. The van der Waals surface area contributed by atoms with Crippen LogP contribution in [-0.2, 0) is 4.79 Å². The number of carbonyl (C=O) groups excluding carboxylic acids is 1. The zero-order chi connectivity index (χ0) is 8.55. The summed E-state index contributed by atoms with van der Waals surface area (Å²) in [6.07, 6.45) is 5.38. The van der Waals surface area contributed by atoms with Crippen molar-refractivity contribution in [3.05, 3.63) is 12.7 Å². The Morgan fingerprint density at radius 2 is 2.08 bits per heavy atom. The van der Waals surface area contributed by atoms with Gasteiger partial charge in [0.25, 0.3) is 0 Å². The zero-order valence-corrected chi connectivity index (χ0v) is 7.25. The summed E-state index contributed by atoms with van der Waals surface area (Å²) in [5, 5.41) is 2.86. The van der Waals surface area contributed by atoms with Crippen LogP contribution in [0.1, 0.15) is 19.3 Å². The van der Waals surface area contributed by atoms with Crippen LogP contribution >= 0.6 is 0 Å². The molecule has 1 N–H and O–H groups in total. The van der Waals surface area contributed by atoms with E-state index in [0.29, 0.717) is 12.5 Å². The van der Waals surface area contributed by atoms with E-state index in [-0.39, 0.29) is 5.91 Å². The molecular weight excluding hydrogens is 150 g/mol. The van der Waals surface area contributed by atoms with Crippen molar-refractivity contribution in [2.24, 2.45) is 17.8 Å². The summed E-state index contributed by atoms with van der Waals surface area (Å²) >= 11 is 0. The second kappa shape index (κ2) is 2.92. The van der Waals surface area contributed by atoms with Crippen molar-refractivity contribution in [2.75, 3.05) is 6.54 Å². The minimum absolute atomic E-state index is 0.238. The van der Waals surface area contributed by atoms with E-state index in [1.807, 2.05) is 0 Å². The minimum atomic E-state index is 0.238. The molecule has 2 aliphatic carbocycles. The van der Waals surface area contributed by atoms with Gasteiger partial charge in [0.15, 0.2) is 0 Å². The molecule has 0 heterocycles. The summed E-state index contributed by atoms with van der Waals surface area (Å²) in [6, 6.07) is 0.